The van der Waals surface area contributed by atoms with Crippen LogP contribution in [-0.2, 0) is 12.8 Å². The molecule has 6 heteroatoms. The Hall–Kier alpha value is -2.47. The van der Waals surface area contributed by atoms with Gasteiger partial charge >= 0.3 is 0 Å². The van der Waals surface area contributed by atoms with Gasteiger partial charge in [-0.3, -0.25) is 0 Å². The van der Waals surface area contributed by atoms with E-state index in [1.807, 2.05) is 49.4 Å². The number of thiophene rings is 1. The second-order valence-corrected chi connectivity index (χ2v) is 7.51. The van der Waals surface area contributed by atoms with Crippen LogP contribution in [0.25, 0.3) is 10.2 Å². The predicted molar refractivity (Wildman–Crippen MR) is 105 cm³/mol. The predicted octanol–water partition coefficient (Wildman–Crippen LogP) is 4.30. The lowest BCUT2D eigenvalue weighted by molar-refractivity contribution is 0.700. The fourth-order valence-corrected chi connectivity index (χ4v) is 4.67. The first-order valence-corrected chi connectivity index (χ1v) is 9.38. The smallest absolute Gasteiger partial charge is 0.143 e. The monoisotopic (exact) mass is 351 g/mol. The van der Waals surface area contributed by atoms with E-state index in [0.717, 1.165) is 39.9 Å². The molecule has 0 saturated carbocycles. The number of hydrazone groups is 1. The number of anilines is 2. The number of benzene rings is 1. The minimum Gasteiger partial charge on any atom is -0.340 e. The highest BCUT2D eigenvalue weighted by Gasteiger charge is 2.20. The lowest BCUT2D eigenvalue weighted by Crippen LogP contribution is -2.03. The molecule has 5 nitrogen and oxygen atoms in total. The molecule has 0 fully saturated rings. The molecule has 128 valence electrons. The summed E-state index contributed by atoms with van der Waals surface area (Å²) in [6.07, 6.45) is 4.82. The second-order valence-electron chi connectivity index (χ2n) is 6.43. The fraction of sp³-hybridized carbons (Fsp3) is 0.316. The summed E-state index contributed by atoms with van der Waals surface area (Å²) in [6, 6.07) is 8.10. The van der Waals surface area contributed by atoms with Gasteiger partial charge < -0.3 is 11.2 Å². The van der Waals surface area contributed by atoms with Crippen LogP contribution in [0.2, 0.25) is 0 Å². The number of rotatable bonds is 3. The molecule has 0 radical (unpaired) electrons. The summed E-state index contributed by atoms with van der Waals surface area (Å²) in [4.78, 5) is 11.9. The quantitative estimate of drug-likeness (QED) is 0.419. The van der Waals surface area contributed by atoms with Crippen molar-refractivity contribution in [3.63, 3.8) is 0 Å². The van der Waals surface area contributed by atoms with Crippen LogP contribution in [0.3, 0.4) is 0 Å². The Labute approximate surface area is 151 Å². The Morgan fingerprint density at radius 1 is 1.16 bits per heavy atom. The van der Waals surface area contributed by atoms with Crippen LogP contribution < -0.4 is 11.2 Å². The number of aromatic nitrogens is 2. The lowest BCUT2D eigenvalue weighted by atomic mass is 9.97. The molecule has 0 unspecified atom stereocenters. The van der Waals surface area contributed by atoms with E-state index in [0.29, 0.717) is 0 Å². The van der Waals surface area contributed by atoms with E-state index in [1.54, 1.807) is 0 Å². The number of nitrogens with two attached hydrogens (primary N) is 1. The van der Waals surface area contributed by atoms with E-state index in [1.165, 1.54) is 35.1 Å². The Kier molecular flexibility index (Phi) is 4.13. The summed E-state index contributed by atoms with van der Waals surface area (Å²) in [7, 11) is 0. The highest BCUT2D eigenvalue weighted by atomic mass is 32.1. The number of hydrogen-bond acceptors (Lipinski definition) is 6. The summed E-state index contributed by atoms with van der Waals surface area (Å²) in [5.74, 6) is 7.07. The van der Waals surface area contributed by atoms with Crippen LogP contribution in [0.5, 0.6) is 0 Å². The summed E-state index contributed by atoms with van der Waals surface area (Å²) in [5, 5.41) is 8.44. The molecule has 1 aliphatic carbocycles. The summed E-state index contributed by atoms with van der Waals surface area (Å²) >= 11 is 1.83. The zero-order valence-electron chi connectivity index (χ0n) is 14.5. The van der Waals surface area contributed by atoms with E-state index in [2.05, 4.69) is 15.4 Å². The van der Waals surface area contributed by atoms with Gasteiger partial charge in [-0.1, -0.05) is 12.1 Å². The van der Waals surface area contributed by atoms with E-state index in [-0.39, 0.29) is 0 Å². The van der Waals surface area contributed by atoms with Gasteiger partial charge in [0.25, 0.3) is 0 Å². The first-order chi connectivity index (χ1) is 12.2. The molecule has 0 saturated heterocycles. The maximum atomic E-state index is 5.35. The third kappa shape index (κ3) is 2.98. The number of nitrogens with one attached hydrogen (secondary N) is 1. The van der Waals surface area contributed by atoms with Gasteiger partial charge in [0.15, 0.2) is 0 Å². The van der Waals surface area contributed by atoms with Gasteiger partial charge in [0, 0.05) is 10.6 Å². The van der Waals surface area contributed by atoms with Crippen LogP contribution >= 0.6 is 11.3 Å². The summed E-state index contributed by atoms with van der Waals surface area (Å²) in [5.41, 5.74) is 4.28. The molecule has 0 bridgehead atoms. The van der Waals surface area contributed by atoms with Crippen LogP contribution in [0.4, 0.5) is 11.5 Å². The molecule has 1 aromatic carbocycles. The van der Waals surface area contributed by atoms with Crippen molar-refractivity contribution in [3.8, 4) is 0 Å². The van der Waals surface area contributed by atoms with Gasteiger partial charge in [-0.2, -0.15) is 5.10 Å². The van der Waals surface area contributed by atoms with Gasteiger partial charge in [-0.25, -0.2) is 9.97 Å². The van der Waals surface area contributed by atoms with E-state index < -0.39 is 0 Å². The third-order valence-corrected chi connectivity index (χ3v) is 5.87. The van der Waals surface area contributed by atoms with Crippen LogP contribution in [0, 0.1) is 6.92 Å². The Morgan fingerprint density at radius 3 is 2.68 bits per heavy atom. The zero-order chi connectivity index (χ0) is 17.4. The molecular weight excluding hydrogens is 330 g/mol. The summed E-state index contributed by atoms with van der Waals surface area (Å²) in [6.45, 7) is 3.85. The maximum absolute atomic E-state index is 5.35. The largest absolute Gasteiger partial charge is 0.340 e. The molecule has 25 heavy (non-hydrogen) atoms. The molecule has 0 aliphatic heterocycles. The molecule has 2 aromatic heterocycles. The van der Waals surface area contributed by atoms with E-state index in [9.17, 15) is 0 Å². The zero-order valence-corrected chi connectivity index (χ0v) is 15.3. The molecule has 0 spiro atoms. The number of aryl methyl sites for hydroxylation is 3. The van der Waals surface area contributed by atoms with Crippen molar-refractivity contribution in [2.75, 3.05) is 5.32 Å². The van der Waals surface area contributed by atoms with Gasteiger partial charge in [-0.15, -0.1) is 11.3 Å². The van der Waals surface area contributed by atoms with Gasteiger partial charge in [0.05, 0.1) is 11.1 Å². The first kappa shape index (κ1) is 16.0. The molecule has 3 aromatic rings. The van der Waals surface area contributed by atoms with Crippen LogP contribution in [0.1, 0.15) is 41.6 Å². The normalized spacial score (nSPS) is 14.6. The van der Waals surface area contributed by atoms with Crippen LogP contribution in [0.15, 0.2) is 29.4 Å². The molecule has 0 amide bonds. The molecule has 2 heterocycles. The van der Waals surface area contributed by atoms with Crippen molar-refractivity contribution in [2.24, 2.45) is 10.9 Å². The molecular formula is C19H21N5S. The van der Waals surface area contributed by atoms with E-state index in [4.69, 9.17) is 10.8 Å². The molecule has 4 rings (SSSR count). The van der Waals surface area contributed by atoms with Crippen LogP contribution in [-0.4, -0.2) is 15.7 Å². The highest BCUT2D eigenvalue weighted by molar-refractivity contribution is 7.19. The minimum absolute atomic E-state index is 0.802. The summed E-state index contributed by atoms with van der Waals surface area (Å²) < 4.78 is 0. The number of hydrogen-bond donors (Lipinski definition) is 2. The SMILES string of the molecule is C/C(=N\N)c1ccc(Nc2nc(C)nc3sc4c(c23)CCCC4)cc1. The first-order valence-electron chi connectivity index (χ1n) is 8.56. The Balaban J connectivity index is 1.75. The van der Waals surface area contributed by atoms with Gasteiger partial charge in [0.1, 0.15) is 16.5 Å². The maximum Gasteiger partial charge on any atom is 0.143 e. The third-order valence-electron chi connectivity index (χ3n) is 4.69. The molecule has 1 aliphatic rings. The molecule has 3 N–H and O–H groups in total. The number of fused-ring (bicyclic) bond motifs is 3. The minimum atomic E-state index is 0.802. The van der Waals surface area contributed by atoms with Crippen molar-refractivity contribution < 1.29 is 0 Å². The molecule has 0 atom stereocenters. The Morgan fingerprint density at radius 2 is 1.92 bits per heavy atom. The topological polar surface area (TPSA) is 76.2 Å². The number of nitrogens with zero attached hydrogens (tertiary/aromatic N) is 3. The highest BCUT2D eigenvalue weighted by Crippen LogP contribution is 2.39. The van der Waals surface area contributed by atoms with Crippen molar-refractivity contribution in [2.45, 2.75) is 39.5 Å². The van der Waals surface area contributed by atoms with Gasteiger partial charge in [0.2, 0.25) is 0 Å². The van der Waals surface area contributed by atoms with E-state index >= 15 is 0 Å². The van der Waals surface area contributed by atoms with Gasteiger partial charge in [-0.05, 0) is 62.8 Å². The average molecular weight is 351 g/mol. The average Bonchev–Trinajstić information content (AvgIpc) is 2.99. The lowest BCUT2D eigenvalue weighted by Gasteiger charge is -2.13. The standard InChI is InChI=1S/C19H21N5S/c1-11(24-20)13-7-9-14(10-8-13)23-18-17-15-5-3-4-6-16(15)25-19(17)22-12(2)21-18/h7-10H,3-6,20H2,1-2H3,(H,21,22,23)/b24-11+. The fourth-order valence-electron chi connectivity index (χ4n) is 3.36. The van der Waals surface area contributed by atoms with Crippen molar-refractivity contribution in [1.82, 2.24) is 9.97 Å². The van der Waals surface area contributed by atoms with Crippen molar-refractivity contribution in [3.05, 3.63) is 46.1 Å². The Bertz CT molecular complexity index is 956. The van der Waals surface area contributed by atoms with Crippen molar-refractivity contribution in [1.29, 1.82) is 0 Å². The van der Waals surface area contributed by atoms with Crippen molar-refractivity contribution >= 4 is 38.8 Å². The second kappa shape index (κ2) is 6.44.